The number of benzene rings is 1. The molecule has 5 heteroatoms. The lowest BCUT2D eigenvalue weighted by Crippen LogP contribution is -2.36. The predicted molar refractivity (Wildman–Crippen MR) is 90.2 cm³/mol. The van der Waals surface area contributed by atoms with E-state index in [2.05, 4.69) is 22.3 Å². The quantitative estimate of drug-likeness (QED) is 0.833. The molecular formula is C18H25N3O2. The van der Waals surface area contributed by atoms with E-state index in [4.69, 9.17) is 4.52 Å². The molecule has 23 heavy (non-hydrogen) atoms. The topological polar surface area (TPSA) is 58.4 Å². The van der Waals surface area contributed by atoms with Crippen molar-refractivity contribution in [2.24, 2.45) is 5.92 Å². The lowest BCUT2D eigenvalue weighted by Gasteiger charge is -2.30. The van der Waals surface area contributed by atoms with E-state index in [-0.39, 0.29) is 12.3 Å². The molecule has 0 bridgehead atoms. The van der Waals surface area contributed by atoms with Gasteiger partial charge in [0.15, 0.2) is 5.58 Å². The Morgan fingerprint density at radius 1 is 1.43 bits per heavy atom. The molecule has 0 saturated carbocycles. The average molecular weight is 315 g/mol. The summed E-state index contributed by atoms with van der Waals surface area (Å²) in [6, 6.07) is 7.63. The number of hydrogen-bond acceptors (Lipinski definition) is 4. The van der Waals surface area contributed by atoms with Crippen LogP contribution in [0.1, 0.15) is 31.9 Å². The van der Waals surface area contributed by atoms with Crippen LogP contribution in [0.3, 0.4) is 0 Å². The molecule has 1 fully saturated rings. The fourth-order valence-electron chi connectivity index (χ4n) is 3.30. The van der Waals surface area contributed by atoms with Crippen LogP contribution in [0.15, 0.2) is 28.8 Å². The molecule has 1 aromatic heterocycles. The Balaban J connectivity index is 1.40. The smallest absolute Gasteiger partial charge is 0.226 e. The Bertz CT molecular complexity index is 653. The molecule has 1 N–H and O–H groups in total. The van der Waals surface area contributed by atoms with Gasteiger partial charge in [-0.25, -0.2) is 0 Å². The summed E-state index contributed by atoms with van der Waals surface area (Å²) < 4.78 is 5.23. The molecule has 0 unspecified atom stereocenters. The second-order valence-electron chi connectivity index (χ2n) is 6.55. The SMILES string of the molecule is C[C@@H]1CCCN(CCCNC(=O)Cc2noc3ccccc23)C1. The van der Waals surface area contributed by atoms with E-state index >= 15 is 0 Å². The van der Waals surface area contributed by atoms with Crippen LogP contribution < -0.4 is 5.32 Å². The number of fused-ring (bicyclic) bond motifs is 1. The molecule has 0 aliphatic carbocycles. The van der Waals surface area contributed by atoms with Crippen molar-refractivity contribution in [3.8, 4) is 0 Å². The van der Waals surface area contributed by atoms with Crippen molar-refractivity contribution in [2.75, 3.05) is 26.2 Å². The van der Waals surface area contributed by atoms with E-state index in [0.29, 0.717) is 5.69 Å². The minimum Gasteiger partial charge on any atom is -0.356 e. The van der Waals surface area contributed by atoms with Gasteiger partial charge in [0.1, 0.15) is 5.69 Å². The molecule has 0 spiro atoms. The largest absolute Gasteiger partial charge is 0.356 e. The number of para-hydroxylation sites is 1. The monoisotopic (exact) mass is 315 g/mol. The molecule has 1 aliphatic heterocycles. The van der Waals surface area contributed by atoms with E-state index < -0.39 is 0 Å². The zero-order valence-electron chi connectivity index (χ0n) is 13.8. The average Bonchev–Trinajstić information content (AvgIpc) is 2.95. The van der Waals surface area contributed by atoms with Gasteiger partial charge in [-0.15, -0.1) is 0 Å². The molecular weight excluding hydrogens is 290 g/mol. The van der Waals surface area contributed by atoms with Gasteiger partial charge >= 0.3 is 0 Å². The first-order valence-corrected chi connectivity index (χ1v) is 8.54. The molecule has 2 heterocycles. The predicted octanol–water partition coefficient (Wildman–Crippen LogP) is 2.61. The Kier molecular flexibility index (Phi) is 5.28. The first kappa shape index (κ1) is 16.0. The van der Waals surface area contributed by atoms with Gasteiger partial charge in [0.05, 0.1) is 6.42 Å². The van der Waals surface area contributed by atoms with Gasteiger partial charge in [-0.3, -0.25) is 4.79 Å². The Morgan fingerprint density at radius 2 is 2.30 bits per heavy atom. The standard InChI is InChI=1S/C18H25N3O2/c1-14-6-4-10-21(13-14)11-5-9-19-18(22)12-16-15-7-2-3-8-17(15)23-20-16/h2-3,7-8,14H,4-6,9-13H2,1H3,(H,19,22)/t14-/m1/s1. The van der Waals surface area contributed by atoms with Gasteiger partial charge in [0, 0.05) is 18.5 Å². The van der Waals surface area contributed by atoms with Gasteiger partial charge in [-0.1, -0.05) is 24.2 Å². The summed E-state index contributed by atoms with van der Waals surface area (Å²) in [6.45, 7) is 6.50. The first-order chi connectivity index (χ1) is 11.2. The van der Waals surface area contributed by atoms with Crippen molar-refractivity contribution in [2.45, 2.75) is 32.6 Å². The van der Waals surface area contributed by atoms with Crippen molar-refractivity contribution in [3.63, 3.8) is 0 Å². The molecule has 1 aromatic carbocycles. The van der Waals surface area contributed by atoms with Crippen LogP contribution in [0.2, 0.25) is 0 Å². The van der Waals surface area contributed by atoms with Crippen LogP contribution in [0.25, 0.3) is 11.0 Å². The van der Waals surface area contributed by atoms with Crippen molar-refractivity contribution in [1.29, 1.82) is 0 Å². The van der Waals surface area contributed by atoms with Gasteiger partial charge < -0.3 is 14.7 Å². The number of carbonyl (C=O) groups excluding carboxylic acids is 1. The number of carbonyl (C=O) groups is 1. The van der Waals surface area contributed by atoms with E-state index in [9.17, 15) is 4.79 Å². The summed E-state index contributed by atoms with van der Waals surface area (Å²) in [4.78, 5) is 14.6. The molecule has 1 saturated heterocycles. The maximum absolute atomic E-state index is 12.1. The van der Waals surface area contributed by atoms with Crippen LogP contribution >= 0.6 is 0 Å². The molecule has 0 radical (unpaired) electrons. The summed E-state index contributed by atoms with van der Waals surface area (Å²) in [5.74, 6) is 0.815. The van der Waals surface area contributed by atoms with Crippen molar-refractivity contribution < 1.29 is 9.32 Å². The van der Waals surface area contributed by atoms with E-state index in [0.717, 1.165) is 36.4 Å². The minimum absolute atomic E-state index is 0.0102. The Morgan fingerprint density at radius 3 is 3.17 bits per heavy atom. The number of piperidine rings is 1. The summed E-state index contributed by atoms with van der Waals surface area (Å²) in [5, 5.41) is 7.91. The van der Waals surface area contributed by atoms with Crippen molar-refractivity contribution in [3.05, 3.63) is 30.0 Å². The number of likely N-dealkylation sites (tertiary alicyclic amines) is 1. The van der Waals surface area contributed by atoms with Crippen LogP contribution in [-0.2, 0) is 11.2 Å². The molecule has 124 valence electrons. The minimum atomic E-state index is 0.0102. The molecule has 1 aliphatic rings. The molecule has 3 rings (SSSR count). The second-order valence-corrected chi connectivity index (χ2v) is 6.55. The lowest BCUT2D eigenvalue weighted by molar-refractivity contribution is -0.120. The summed E-state index contributed by atoms with van der Waals surface area (Å²) in [7, 11) is 0. The number of amides is 1. The van der Waals surface area contributed by atoms with Gasteiger partial charge in [0.25, 0.3) is 0 Å². The fourth-order valence-corrected chi connectivity index (χ4v) is 3.30. The second kappa shape index (κ2) is 7.59. The zero-order valence-corrected chi connectivity index (χ0v) is 13.8. The molecule has 5 nitrogen and oxygen atoms in total. The maximum Gasteiger partial charge on any atom is 0.226 e. The van der Waals surface area contributed by atoms with Crippen LogP contribution in [-0.4, -0.2) is 42.1 Å². The maximum atomic E-state index is 12.1. The van der Waals surface area contributed by atoms with Crippen LogP contribution in [0.5, 0.6) is 0 Å². The van der Waals surface area contributed by atoms with Crippen LogP contribution in [0.4, 0.5) is 0 Å². The lowest BCUT2D eigenvalue weighted by atomic mass is 10.0. The van der Waals surface area contributed by atoms with Crippen molar-refractivity contribution in [1.82, 2.24) is 15.4 Å². The third-order valence-corrected chi connectivity index (χ3v) is 4.49. The third-order valence-electron chi connectivity index (χ3n) is 4.49. The Labute approximate surface area is 137 Å². The highest BCUT2D eigenvalue weighted by Crippen LogP contribution is 2.18. The van der Waals surface area contributed by atoms with Gasteiger partial charge in [0.2, 0.25) is 5.91 Å². The third kappa shape index (κ3) is 4.32. The van der Waals surface area contributed by atoms with E-state index in [1.807, 2.05) is 24.3 Å². The van der Waals surface area contributed by atoms with Crippen molar-refractivity contribution >= 4 is 16.9 Å². The fraction of sp³-hybridized carbons (Fsp3) is 0.556. The van der Waals surface area contributed by atoms with Crippen LogP contribution in [0, 0.1) is 5.92 Å². The highest BCUT2D eigenvalue weighted by atomic mass is 16.5. The summed E-state index contributed by atoms with van der Waals surface area (Å²) >= 11 is 0. The number of aromatic nitrogens is 1. The first-order valence-electron chi connectivity index (χ1n) is 8.54. The van der Waals surface area contributed by atoms with E-state index in [1.54, 1.807) is 0 Å². The summed E-state index contributed by atoms with van der Waals surface area (Å²) in [6.07, 6.45) is 3.92. The number of nitrogens with one attached hydrogen (secondary N) is 1. The summed E-state index contributed by atoms with van der Waals surface area (Å²) in [5.41, 5.74) is 1.44. The van der Waals surface area contributed by atoms with E-state index in [1.165, 1.54) is 25.9 Å². The van der Waals surface area contributed by atoms with Gasteiger partial charge in [-0.05, 0) is 50.4 Å². The number of rotatable bonds is 6. The normalized spacial score (nSPS) is 19.1. The highest BCUT2D eigenvalue weighted by molar-refractivity contribution is 5.86. The Hall–Kier alpha value is -1.88. The molecule has 2 aromatic rings. The number of hydrogen-bond donors (Lipinski definition) is 1. The highest BCUT2D eigenvalue weighted by Gasteiger charge is 2.16. The zero-order chi connectivity index (χ0) is 16.1. The van der Waals surface area contributed by atoms with Gasteiger partial charge in [-0.2, -0.15) is 0 Å². The molecule has 1 atom stereocenters. The number of nitrogens with zero attached hydrogens (tertiary/aromatic N) is 2. The molecule has 1 amide bonds.